The van der Waals surface area contributed by atoms with Crippen LogP contribution in [-0.2, 0) is 6.42 Å². The second-order valence-electron chi connectivity index (χ2n) is 3.68. The first-order valence-corrected chi connectivity index (χ1v) is 8.26. The molecule has 0 spiro atoms. The van der Waals surface area contributed by atoms with E-state index in [0.29, 0.717) is 5.30 Å². The van der Waals surface area contributed by atoms with Crippen molar-refractivity contribution in [1.29, 1.82) is 0 Å². The summed E-state index contributed by atoms with van der Waals surface area (Å²) in [7, 11) is 0. The van der Waals surface area contributed by atoms with Crippen molar-refractivity contribution in [3.63, 3.8) is 0 Å². The molecule has 2 rings (SSSR count). The summed E-state index contributed by atoms with van der Waals surface area (Å²) < 4.78 is 13.4. The second-order valence-corrected chi connectivity index (χ2v) is 7.18. The van der Waals surface area contributed by atoms with Crippen LogP contribution in [0.2, 0.25) is 0 Å². The molecule has 0 N–H and O–H groups in total. The van der Waals surface area contributed by atoms with Crippen LogP contribution in [0.4, 0.5) is 4.39 Å². The van der Waals surface area contributed by atoms with Gasteiger partial charge in [0.15, 0.2) is 0 Å². The maximum absolute atomic E-state index is 13.4. The molecule has 0 heterocycles. The van der Waals surface area contributed by atoms with E-state index >= 15 is 0 Å². The van der Waals surface area contributed by atoms with Crippen molar-refractivity contribution >= 4 is 34.4 Å². The fourth-order valence-electron chi connectivity index (χ4n) is 1.63. The van der Waals surface area contributed by atoms with Gasteiger partial charge in [-0.15, -0.1) is 0 Å². The Kier molecular flexibility index (Phi) is 4.39. The Morgan fingerprint density at radius 1 is 0.941 bits per heavy atom. The first-order chi connectivity index (χ1) is 8.16. The van der Waals surface area contributed by atoms with Crippen LogP contribution in [0.25, 0.3) is 0 Å². The van der Waals surface area contributed by atoms with Crippen molar-refractivity contribution in [3.8, 4) is 0 Å². The van der Waals surface area contributed by atoms with E-state index in [4.69, 9.17) is 22.5 Å². The Labute approximate surface area is 111 Å². The first kappa shape index (κ1) is 12.8. The van der Waals surface area contributed by atoms with Crippen molar-refractivity contribution in [2.75, 3.05) is 0 Å². The summed E-state index contributed by atoms with van der Waals surface area (Å²) >= 11 is 11.5. The van der Waals surface area contributed by atoms with Crippen molar-refractivity contribution in [3.05, 3.63) is 65.5 Å². The van der Waals surface area contributed by atoms with Crippen LogP contribution in [0.5, 0.6) is 0 Å². The molecule has 0 aliphatic heterocycles. The molecule has 0 atom stereocenters. The van der Waals surface area contributed by atoms with Gasteiger partial charge in [-0.1, -0.05) is 58.9 Å². The Morgan fingerprint density at radius 2 is 1.65 bits per heavy atom. The molecule has 0 aromatic heterocycles. The van der Waals surface area contributed by atoms with E-state index in [1.165, 1.54) is 11.6 Å². The molecule has 4 heteroatoms. The van der Waals surface area contributed by atoms with Crippen LogP contribution in [0, 0.1) is 5.82 Å². The average molecular weight is 287 g/mol. The highest BCUT2D eigenvalue weighted by Crippen LogP contribution is 2.46. The highest BCUT2D eigenvalue weighted by atomic mass is 35.9. The summed E-state index contributed by atoms with van der Waals surface area (Å²) in [6.45, 7) is -1.44. The van der Waals surface area contributed by atoms with Gasteiger partial charge in [-0.2, -0.15) is 0 Å². The lowest BCUT2D eigenvalue weighted by Gasteiger charge is -2.07. The zero-order valence-electron chi connectivity index (χ0n) is 8.91. The van der Waals surface area contributed by atoms with Crippen LogP contribution in [0.1, 0.15) is 11.1 Å². The quantitative estimate of drug-likeness (QED) is 0.709. The van der Waals surface area contributed by atoms with Crippen LogP contribution < -0.4 is 5.30 Å². The smallest absolute Gasteiger partial charge is 0.133 e. The monoisotopic (exact) mass is 286 g/mol. The Hall–Kier alpha value is -0.620. The van der Waals surface area contributed by atoms with Gasteiger partial charge in [-0.05, 0) is 29.7 Å². The third-order valence-electron chi connectivity index (χ3n) is 2.44. The minimum Gasteiger partial charge on any atom is -0.206 e. The fourth-order valence-corrected chi connectivity index (χ4v) is 2.91. The van der Waals surface area contributed by atoms with Crippen LogP contribution in [0.3, 0.4) is 0 Å². The van der Waals surface area contributed by atoms with E-state index in [1.807, 2.05) is 30.3 Å². The summed E-state index contributed by atoms with van der Waals surface area (Å²) in [5.41, 5.74) is 2.19. The average Bonchev–Trinajstić information content (AvgIpc) is 2.32. The molecule has 0 radical (unpaired) electrons. The zero-order chi connectivity index (χ0) is 12.3. The number of benzene rings is 2. The molecule has 2 aromatic rings. The fraction of sp³-hybridized carbons (Fsp3) is 0.0769. The number of hydrogen-bond donors (Lipinski definition) is 0. The molecular formula is C13H10Cl2FP. The lowest BCUT2D eigenvalue weighted by Crippen LogP contribution is -2.04. The summed E-state index contributed by atoms with van der Waals surface area (Å²) in [4.78, 5) is 0. The van der Waals surface area contributed by atoms with Gasteiger partial charge < -0.3 is 0 Å². The highest BCUT2D eigenvalue weighted by Gasteiger charge is 2.11. The molecule has 0 bridgehead atoms. The molecule has 0 unspecified atom stereocenters. The Morgan fingerprint density at radius 3 is 2.29 bits per heavy atom. The van der Waals surface area contributed by atoms with E-state index < -0.39 is 6.63 Å². The first-order valence-electron chi connectivity index (χ1n) is 5.11. The van der Waals surface area contributed by atoms with Crippen LogP contribution in [0.15, 0.2) is 48.5 Å². The minimum absolute atomic E-state index is 0.335. The topological polar surface area (TPSA) is 0 Å². The van der Waals surface area contributed by atoms with Gasteiger partial charge in [0.05, 0.1) is 0 Å². The number of hydrogen-bond acceptors (Lipinski definition) is 0. The van der Waals surface area contributed by atoms with Crippen molar-refractivity contribution in [1.82, 2.24) is 0 Å². The van der Waals surface area contributed by atoms with Gasteiger partial charge in [-0.3, -0.25) is 0 Å². The van der Waals surface area contributed by atoms with Gasteiger partial charge in [0.25, 0.3) is 0 Å². The molecule has 0 nitrogen and oxygen atoms in total. The van der Waals surface area contributed by atoms with Gasteiger partial charge in [-0.25, -0.2) is 4.39 Å². The Bertz CT molecular complexity index is 500. The summed E-state index contributed by atoms with van der Waals surface area (Å²) in [5.74, 6) is -0.335. The van der Waals surface area contributed by atoms with Gasteiger partial charge in [0.1, 0.15) is 12.4 Å². The Balaban J connectivity index is 2.26. The summed E-state index contributed by atoms with van der Waals surface area (Å²) in [6.07, 6.45) is 0.755. The maximum Gasteiger partial charge on any atom is 0.133 e. The number of halogens is 3. The maximum atomic E-state index is 13.4. The summed E-state index contributed by atoms with van der Waals surface area (Å²) in [6, 6.07) is 14.9. The molecule has 0 fully saturated rings. The SMILES string of the molecule is Fc1ccc(Cc2ccccc2)cc1P(Cl)Cl. The van der Waals surface area contributed by atoms with E-state index in [9.17, 15) is 4.39 Å². The van der Waals surface area contributed by atoms with E-state index in [-0.39, 0.29) is 5.82 Å². The van der Waals surface area contributed by atoms with Crippen LogP contribution >= 0.6 is 29.1 Å². The van der Waals surface area contributed by atoms with E-state index in [1.54, 1.807) is 12.1 Å². The lowest BCUT2D eigenvalue weighted by molar-refractivity contribution is 0.636. The third kappa shape index (κ3) is 3.42. The molecule has 0 saturated heterocycles. The molecule has 0 amide bonds. The third-order valence-corrected chi connectivity index (χ3v) is 4.24. The molecule has 0 aliphatic rings. The van der Waals surface area contributed by atoms with Crippen molar-refractivity contribution in [2.24, 2.45) is 0 Å². The molecule has 88 valence electrons. The standard InChI is InChI=1S/C13H10Cl2FP/c14-17(15)13-9-11(6-7-12(13)16)8-10-4-2-1-3-5-10/h1-7,9H,8H2. The van der Waals surface area contributed by atoms with E-state index in [2.05, 4.69) is 0 Å². The van der Waals surface area contributed by atoms with Gasteiger partial charge >= 0.3 is 0 Å². The highest BCUT2D eigenvalue weighted by molar-refractivity contribution is 8.08. The molecule has 2 aromatic carbocycles. The van der Waals surface area contributed by atoms with Crippen molar-refractivity contribution < 1.29 is 4.39 Å². The van der Waals surface area contributed by atoms with Gasteiger partial charge in [0, 0.05) is 5.30 Å². The molecule has 17 heavy (non-hydrogen) atoms. The molecule has 0 aliphatic carbocycles. The van der Waals surface area contributed by atoms with Gasteiger partial charge in [0.2, 0.25) is 0 Å². The molecular weight excluding hydrogens is 277 g/mol. The lowest BCUT2D eigenvalue weighted by atomic mass is 10.1. The predicted molar refractivity (Wildman–Crippen MR) is 73.9 cm³/mol. The summed E-state index contributed by atoms with van der Waals surface area (Å²) in [5, 5.41) is 0.400. The molecule has 0 saturated carbocycles. The van der Waals surface area contributed by atoms with Crippen molar-refractivity contribution in [2.45, 2.75) is 6.42 Å². The largest absolute Gasteiger partial charge is 0.206 e. The number of rotatable bonds is 3. The van der Waals surface area contributed by atoms with E-state index in [0.717, 1.165) is 12.0 Å². The second kappa shape index (κ2) is 5.82. The minimum atomic E-state index is -1.44. The normalized spacial score (nSPS) is 10.8. The van der Waals surface area contributed by atoms with Crippen LogP contribution in [-0.4, -0.2) is 0 Å². The zero-order valence-corrected chi connectivity index (χ0v) is 11.3. The predicted octanol–water partition coefficient (Wildman–Crippen LogP) is 4.83.